The second kappa shape index (κ2) is 5.12. The number of rotatable bonds is 4. The molecule has 0 fully saturated rings. The van der Waals surface area contributed by atoms with Gasteiger partial charge in [-0.25, -0.2) is 8.78 Å². The van der Waals surface area contributed by atoms with E-state index < -0.39 is 6.43 Å². The van der Waals surface area contributed by atoms with Crippen LogP contribution in [0.3, 0.4) is 0 Å². The molecule has 0 aliphatic carbocycles. The van der Waals surface area contributed by atoms with Crippen LogP contribution in [0.4, 0.5) is 8.78 Å². The van der Waals surface area contributed by atoms with Crippen molar-refractivity contribution in [3.8, 4) is 6.07 Å². The molecule has 0 aromatic carbocycles. The first kappa shape index (κ1) is 9.31. The van der Waals surface area contributed by atoms with Crippen LogP contribution in [-0.4, -0.2) is 19.0 Å². The monoisotopic (exact) mass is 148 g/mol. The van der Waals surface area contributed by atoms with Crippen molar-refractivity contribution in [1.82, 2.24) is 5.32 Å². The molecule has 0 radical (unpaired) electrons. The number of nitrogens with zero attached hydrogens (tertiary/aromatic N) is 1. The Hall–Kier alpha value is -0.690. The molecule has 0 saturated carbocycles. The summed E-state index contributed by atoms with van der Waals surface area (Å²) in [5.41, 5.74) is 0. The van der Waals surface area contributed by atoms with Crippen LogP contribution < -0.4 is 5.32 Å². The lowest BCUT2D eigenvalue weighted by molar-refractivity contribution is 0.142. The average molecular weight is 148 g/mol. The summed E-state index contributed by atoms with van der Waals surface area (Å²) in [5.74, 6) is 0. The first-order chi connectivity index (χ1) is 4.66. The predicted molar refractivity (Wildman–Crippen MR) is 33.7 cm³/mol. The van der Waals surface area contributed by atoms with Gasteiger partial charge in [0.25, 0.3) is 6.43 Å². The third-order valence-electron chi connectivity index (χ3n) is 1.02. The fraction of sp³-hybridized carbons (Fsp3) is 0.833. The summed E-state index contributed by atoms with van der Waals surface area (Å²) in [5, 5.41) is 10.6. The molecule has 1 unspecified atom stereocenters. The Morgan fingerprint density at radius 3 is 2.60 bits per heavy atom. The van der Waals surface area contributed by atoms with Crippen LogP contribution in [0, 0.1) is 11.3 Å². The molecule has 0 bridgehead atoms. The molecule has 0 saturated heterocycles. The van der Waals surface area contributed by atoms with E-state index in [1.807, 2.05) is 6.07 Å². The molecule has 58 valence electrons. The maximum Gasteiger partial charge on any atom is 0.250 e. The Bertz CT molecular complexity index is 119. The second-order valence-electron chi connectivity index (χ2n) is 2.06. The lowest BCUT2D eigenvalue weighted by Crippen LogP contribution is -2.30. The SMILES string of the molecule is CC(CC#N)NCC(F)F. The summed E-state index contributed by atoms with van der Waals surface area (Å²) in [7, 11) is 0. The first-order valence-electron chi connectivity index (χ1n) is 3.05. The highest BCUT2D eigenvalue weighted by atomic mass is 19.3. The molecule has 4 heteroatoms. The number of halogens is 2. The molecule has 0 heterocycles. The number of hydrogen-bond acceptors (Lipinski definition) is 2. The highest BCUT2D eigenvalue weighted by Crippen LogP contribution is 1.92. The second-order valence-corrected chi connectivity index (χ2v) is 2.06. The van der Waals surface area contributed by atoms with Gasteiger partial charge >= 0.3 is 0 Å². The van der Waals surface area contributed by atoms with Gasteiger partial charge in [-0.05, 0) is 6.92 Å². The van der Waals surface area contributed by atoms with Crippen LogP contribution in [0.1, 0.15) is 13.3 Å². The van der Waals surface area contributed by atoms with Crippen molar-refractivity contribution in [3.05, 3.63) is 0 Å². The Labute approximate surface area is 58.8 Å². The molecule has 0 aromatic rings. The van der Waals surface area contributed by atoms with Crippen molar-refractivity contribution in [2.45, 2.75) is 25.8 Å². The normalized spacial score (nSPS) is 13.1. The number of nitrogens with one attached hydrogen (secondary N) is 1. The topological polar surface area (TPSA) is 35.8 Å². The zero-order chi connectivity index (χ0) is 7.98. The maximum absolute atomic E-state index is 11.5. The van der Waals surface area contributed by atoms with Gasteiger partial charge in [-0.15, -0.1) is 0 Å². The van der Waals surface area contributed by atoms with Crippen LogP contribution in [0.25, 0.3) is 0 Å². The van der Waals surface area contributed by atoms with E-state index in [1.165, 1.54) is 0 Å². The van der Waals surface area contributed by atoms with Gasteiger partial charge in [0.15, 0.2) is 0 Å². The number of hydrogen-bond donors (Lipinski definition) is 1. The third kappa shape index (κ3) is 5.45. The quantitative estimate of drug-likeness (QED) is 0.649. The van der Waals surface area contributed by atoms with Crippen LogP contribution in [0.5, 0.6) is 0 Å². The fourth-order valence-electron chi connectivity index (χ4n) is 0.499. The van der Waals surface area contributed by atoms with E-state index in [9.17, 15) is 8.78 Å². The molecule has 0 rings (SSSR count). The van der Waals surface area contributed by atoms with Gasteiger partial charge in [0.1, 0.15) is 0 Å². The van der Waals surface area contributed by atoms with Gasteiger partial charge in [-0.1, -0.05) is 0 Å². The van der Waals surface area contributed by atoms with Crippen molar-refractivity contribution in [2.75, 3.05) is 6.54 Å². The zero-order valence-corrected chi connectivity index (χ0v) is 5.77. The molecule has 10 heavy (non-hydrogen) atoms. The van der Waals surface area contributed by atoms with Crippen LogP contribution in [-0.2, 0) is 0 Å². The molecule has 0 aliphatic rings. The van der Waals surface area contributed by atoms with Crippen molar-refractivity contribution in [2.24, 2.45) is 0 Å². The van der Waals surface area contributed by atoms with Crippen LogP contribution >= 0.6 is 0 Å². The summed E-state index contributed by atoms with van der Waals surface area (Å²) in [6.45, 7) is 1.37. The fourth-order valence-corrected chi connectivity index (χ4v) is 0.499. The number of nitriles is 1. The lowest BCUT2D eigenvalue weighted by Gasteiger charge is -2.07. The third-order valence-corrected chi connectivity index (χ3v) is 1.02. The van der Waals surface area contributed by atoms with Gasteiger partial charge in [0.2, 0.25) is 0 Å². The van der Waals surface area contributed by atoms with Gasteiger partial charge in [-0.2, -0.15) is 5.26 Å². The highest BCUT2D eigenvalue weighted by molar-refractivity contribution is 4.77. The van der Waals surface area contributed by atoms with Crippen molar-refractivity contribution >= 4 is 0 Å². The zero-order valence-electron chi connectivity index (χ0n) is 5.77. The minimum atomic E-state index is -2.33. The van der Waals surface area contributed by atoms with Crippen molar-refractivity contribution in [1.29, 1.82) is 5.26 Å². The summed E-state index contributed by atoms with van der Waals surface area (Å²) in [4.78, 5) is 0. The van der Waals surface area contributed by atoms with Crippen molar-refractivity contribution < 1.29 is 8.78 Å². The van der Waals surface area contributed by atoms with E-state index >= 15 is 0 Å². The minimum Gasteiger partial charge on any atom is -0.308 e. The van der Waals surface area contributed by atoms with Crippen LogP contribution in [0.2, 0.25) is 0 Å². The van der Waals surface area contributed by atoms with Crippen LogP contribution in [0.15, 0.2) is 0 Å². The average Bonchev–Trinajstić information content (AvgIpc) is 1.85. The van der Waals surface area contributed by atoms with E-state index in [1.54, 1.807) is 6.92 Å². The molecule has 0 amide bonds. The summed E-state index contributed by atoms with van der Waals surface area (Å²) in [6, 6.07) is 1.74. The highest BCUT2D eigenvalue weighted by Gasteiger charge is 2.04. The summed E-state index contributed by atoms with van der Waals surface area (Å²) >= 11 is 0. The molecular weight excluding hydrogens is 138 g/mol. The Morgan fingerprint density at radius 2 is 2.20 bits per heavy atom. The number of alkyl halides is 2. The minimum absolute atomic E-state index is 0.140. The molecule has 1 N–H and O–H groups in total. The van der Waals surface area contributed by atoms with Gasteiger partial charge in [0, 0.05) is 6.04 Å². The van der Waals surface area contributed by atoms with E-state index in [2.05, 4.69) is 5.32 Å². The smallest absolute Gasteiger partial charge is 0.250 e. The standard InChI is InChI=1S/C6H10F2N2/c1-5(2-3-9)10-4-6(7)8/h5-6,10H,2,4H2,1H3. The van der Waals surface area contributed by atoms with E-state index in [-0.39, 0.29) is 19.0 Å². The first-order valence-corrected chi connectivity index (χ1v) is 3.05. The largest absolute Gasteiger partial charge is 0.308 e. The van der Waals surface area contributed by atoms with Gasteiger partial charge in [0.05, 0.1) is 19.0 Å². The molecule has 0 aromatic heterocycles. The predicted octanol–water partition coefficient (Wildman–Crippen LogP) is 1.14. The molecule has 0 spiro atoms. The Balaban J connectivity index is 3.23. The molecule has 1 atom stereocenters. The van der Waals surface area contributed by atoms with E-state index in [4.69, 9.17) is 5.26 Å². The molecule has 2 nitrogen and oxygen atoms in total. The lowest BCUT2D eigenvalue weighted by atomic mass is 10.2. The van der Waals surface area contributed by atoms with E-state index in [0.717, 1.165) is 0 Å². The Kier molecular flexibility index (Phi) is 4.77. The summed E-state index contributed by atoms with van der Waals surface area (Å²) in [6.07, 6.45) is -2.06. The maximum atomic E-state index is 11.5. The van der Waals surface area contributed by atoms with Crippen molar-refractivity contribution in [3.63, 3.8) is 0 Å². The van der Waals surface area contributed by atoms with E-state index in [0.29, 0.717) is 0 Å². The van der Waals surface area contributed by atoms with Gasteiger partial charge in [-0.3, -0.25) is 0 Å². The summed E-state index contributed by atoms with van der Waals surface area (Å²) < 4.78 is 23.0. The Morgan fingerprint density at radius 1 is 1.60 bits per heavy atom. The van der Waals surface area contributed by atoms with Gasteiger partial charge < -0.3 is 5.32 Å². The molecular formula is C6H10F2N2. The molecule has 0 aliphatic heterocycles.